The molecule has 0 bridgehead atoms. The van der Waals surface area contributed by atoms with Crippen molar-refractivity contribution in [3.63, 3.8) is 0 Å². The Hall–Kier alpha value is -1.38. The lowest BCUT2D eigenvalue weighted by molar-refractivity contribution is 0.112. The largest absolute Gasteiger partial charge is 0.493 e. The Morgan fingerprint density at radius 3 is 2.72 bits per heavy atom. The minimum absolute atomic E-state index is 0.312. The number of hydrogen-bond acceptors (Lipinski definition) is 2. The third-order valence-corrected chi connectivity index (χ3v) is 3.06. The highest BCUT2D eigenvalue weighted by Gasteiger charge is 2.08. The van der Waals surface area contributed by atoms with Crippen molar-refractivity contribution in [2.45, 2.75) is 39.5 Å². The molecule has 0 radical (unpaired) electrons. The Kier molecular flexibility index (Phi) is 6.40. The molecule has 2 nitrogen and oxygen atoms in total. The van der Waals surface area contributed by atoms with Gasteiger partial charge >= 0.3 is 0 Å². The number of ether oxygens (including phenoxy) is 1. The second-order valence-electron chi connectivity index (χ2n) is 4.57. The fourth-order valence-electron chi connectivity index (χ4n) is 1.85. The molecule has 0 spiro atoms. The standard InChI is InChI=1S/C15H21FO2/c1-3-5-6-12(4-2)11-18-15-8-13(10-17)7-14(16)9-15/h7-10,12H,3-6,11H2,1-2H3. The van der Waals surface area contributed by atoms with Crippen LogP contribution in [-0.2, 0) is 0 Å². The number of carbonyl (C=O) groups is 1. The van der Waals surface area contributed by atoms with Crippen LogP contribution in [0.5, 0.6) is 5.75 Å². The van der Waals surface area contributed by atoms with Crippen molar-refractivity contribution < 1.29 is 13.9 Å². The molecule has 1 aromatic rings. The van der Waals surface area contributed by atoms with Gasteiger partial charge in [-0.25, -0.2) is 4.39 Å². The average molecular weight is 252 g/mol. The van der Waals surface area contributed by atoms with Gasteiger partial charge in [-0.2, -0.15) is 0 Å². The van der Waals surface area contributed by atoms with E-state index in [1.54, 1.807) is 6.07 Å². The summed E-state index contributed by atoms with van der Waals surface area (Å²) in [5.41, 5.74) is 0.312. The van der Waals surface area contributed by atoms with Gasteiger partial charge in [0.15, 0.2) is 0 Å². The maximum Gasteiger partial charge on any atom is 0.150 e. The molecule has 1 aromatic carbocycles. The summed E-state index contributed by atoms with van der Waals surface area (Å²) in [5, 5.41) is 0. The number of aldehydes is 1. The first-order valence-corrected chi connectivity index (χ1v) is 6.58. The highest BCUT2D eigenvalue weighted by atomic mass is 19.1. The van der Waals surface area contributed by atoms with E-state index in [0.29, 0.717) is 30.1 Å². The molecule has 0 aromatic heterocycles. The van der Waals surface area contributed by atoms with Gasteiger partial charge in [-0.1, -0.05) is 33.1 Å². The Balaban J connectivity index is 2.55. The van der Waals surface area contributed by atoms with Gasteiger partial charge in [0.05, 0.1) is 6.61 Å². The average Bonchev–Trinajstić information content (AvgIpc) is 2.38. The van der Waals surface area contributed by atoms with Crippen LogP contribution in [0, 0.1) is 11.7 Å². The van der Waals surface area contributed by atoms with Crippen molar-refractivity contribution in [2.75, 3.05) is 6.61 Å². The Morgan fingerprint density at radius 2 is 2.11 bits per heavy atom. The molecular formula is C15H21FO2. The van der Waals surface area contributed by atoms with Crippen molar-refractivity contribution in [2.24, 2.45) is 5.92 Å². The van der Waals surface area contributed by atoms with Crippen molar-refractivity contribution in [1.29, 1.82) is 0 Å². The quantitative estimate of drug-likeness (QED) is 0.647. The maximum absolute atomic E-state index is 13.2. The Bertz CT molecular complexity index is 377. The number of hydrogen-bond donors (Lipinski definition) is 0. The number of halogens is 1. The van der Waals surface area contributed by atoms with E-state index >= 15 is 0 Å². The van der Waals surface area contributed by atoms with E-state index in [-0.39, 0.29) is 0 Å². The summed E-state index contributed by atoms with van der Waals surface area (Å²) in [7, 11) is 0. The number of carbonyl (C=O) groups excluding carboxylic acids is 1. The lowest BCUT2D eigenvalue weighted by Crippen LogP contribution is -2.11. The Labute approximate surface area is 108 Å². The zero-order chi connectivity index (χ0) is 13.4. The first kappa shape index (κ1) is 14.7. The molecule has 0 heterocycles. The second-order valence-corrected chi connectivity index (χ2v) is 4.57. The highest BCUT2D eigenvalue weighted by molar-refractivity contribution is 5.75. The minimum atomic E-state index is -0.434. The maximum atomic E-state index is 13.2. The molecule has 0 N–H and O–H groups in total. The van der Waals surface area contributed by atoms with Crippen LogP contribution in [0.15, 0.2) is 18.2 Å². The predicted molar refractivity (Wildman–Crippen MR) is 70.6 cm³/mol. The van der Waals surface area contributed by atoms with Gasteiger partial charge in [0.25, 0.3) is 0 Å². The van der Waals surface area contributed by atoms with Crippen LogP contribution >= 0.6 is 0 Å². The first-order valence-electron chi connectivity index (χ1n) is 6.58. The summed E-state index contributed by atoms with van der Waals surface area (Å²) in [6, 6.07) is 4.09. The molecular weight excluding hydrogens is 231 g/mol. The van der Waals surface area contributed by atoms with Gasteiger partial charge in [-0.15, -0.1) is 0 Å². The zero-order valence-electron chi connectivity index (χ0n) is 11.1. The van der Waals surface area contributed by atoms with Crippen molar-refractivity contribution >= 4 is 6.29 Å². The fraction of sp³-hybridized carbons (Fsp3) is 0.533. The third-order valence-electron chi connectivity index (χ3n) is 3.06. The summed E-state index contributed by atoms with van der Waals surface area (Å²) >= 11 is 0. The monoisotopic (exact) mass is 252 g/mol. The SMILES string of the molecule is CCCCC(CC)COc1cc(F)cc(C=O)c1. The van der Waals surface area contributed by atoms with Gasteiger partial charge in [-0.3, -0.25) is 4.79 Å². The molecule has 100 valence electrons. The van der Waals surface area contributed by atoms with Crippen LogP contribution in [0.2, 0.25) is 0 Å². The van der Waals surface area contributed by atoms with Crippen LogP contribution in [-0.4, -0.2) is 12.9 Å². The second kappa shape index (κ2) is 7.85. The van der Waals surface area contributed by atoms with Crippen molar-refractivity contribution in [3.8, 4) is 5.75 Å². The van der Waals surface area contributed by atoms with E-state index in [1.165, 1.54) is 25.0 Å². The molecule has 1 rings (SSSR count). The molecule has 1 atom stereocenters. The normalized spacial score (nSPS) is 12.2. The number of unbranched alkanes of at least 4 members (excludes halogenated alkanes) is 1. The van der Waals surface area contributed by atoms with Crippen LogP contribution in [0.4, 0.5) is 4.39 Å². The van der Waals surface area contributed by atoms with Crippen LogP contribution in [0.25, 0.3) is 0 Å². The summed E-state index contributed by atoms with van der Waals surface area (Å²) in [4.78, 5) is 10.6. The molecule has 0 fully saturated rings. The summed E-state index contributed by atoms with van der Waals surface area (Å²) in [6.45, 7) is 4.88. The van der Waals surface area contributed by atoms with E-state index in [4.69, 9.17) is 4.74 Å². The number of benzene rings is 1. The van der Waals surface area contributed by atoms with Crippen LogP contribution in [0.3, 0.4) is 0 Å². The van der Waals surface area contributed by atoms with Crippen molar-refractivity contribution in [1.82, 2.24) is 0 Å². The molecule has 0 saturated carbocycles. The summed E-state index contributed by atoms with van der Waals surface area (Å²) < 4.78 is 18.8. The van der Waals surface area contributed by atoms with Crippen molar-refractivity contribution in [3.05, 3.63) is 29.6 Å². The van der Waals surface area contributed by atoms with E-state index in [9.17, 15) is 9.18 Å². The summed E-state index contributed by atoms with van der Waals surface area (Å²) in [5.74, 6) is 0.496. The molecule has 0 aliphatic heterocycles. The van der Waals surface area contributed by atoms with Gasteiger partial charge in [0.2, 0.25) is 0 Å². The van der Waals surface area contributed by atoms with Gasteiger partial charge < -0.3 is 4.74 Å². The van der Waals surface area contributed by atoms with E-state index in [2.05, 4.69) is 13.8 Å². The third kappa shape index (κ3) is 4.86. The molecule has 0 amide bonds. The molecule has 0 saturated heterocycles. The smallest absolute Gasteiger partial charge is 0.150 e. The molecule has 0 aliphatic carbocycles. The van der Waals surface area contributed by atoms with Crippen LogP contribution in [0.1, 0.15) is 49.9 Å². The molecule has 18 heavy (non-hydrogen) atoms. The highest BCUT2D eigenvalue weighted by Crippen LogP contribution is 2.19. The number of rotatable bonds is 8. The molecule has 0 aliphatic rings. The predicted octanol–water partition coefficient (Wildman–Crippen LogP) is 4.23. The molecule has 3 heteroatoms. The van der Waals surface area contributed by atoms with Gasteiger partial charge in [-0.05, 0) is 24.5 Å². The van der Waals surface area contributed by atoms with Gasteiger partial charge in [0, 0.05) is 11.6 Å². The lowest BCUT2D eigenvalue weighted by Gasteiger charge is -2.15. The Morgan fingerprint density at radius 1 is 1.33 bits per heavy atom. The van der Waals surface area contributed by atoms with Crippen LogP contribution < -0.4 is 4.74 Å². The first-order chi connectivity index (χ1) is 8.69. The fourth-order valence-corrected chi connectivity index (χ4v) is 1.85. The topological polar surface area (TPSA) is 26.3 Å². The van der Waals surface area contributed by atoms with E-state index < -0.39 is 5.82 Å². The molecule has 1 unspecified atom stereocenters. The van der Waals surface area contributed by atoms with Gasteiger partial charge in [0.1, 0.15) is 17.9 Å². The van der Waals surface area contributed by atoms with E-state index in [0.717, 1.165) is 12.8 Å². The van der Waals surface area contributed by atoms with E-state index in [1.807, 2.05) is 0 Å². The minimum Gasteiger partial charge on any atom is -0.493 e. The lowest BCUT2D eigenvalue weighted by atomic mass is 10.0. The summed E-state index contributed by atoms with van der Waals surface area (Å²) in [6.07, 6.45) is 5.17. The zero-order valence-corrected chi connectivity index (χ0v) is 11.1.